The van der Waals surface area contributed by atoms with Gasteiger partial charge in [-0.3, -0.25) is 4.79 Å². The van der Waals surface area contributed by atoms with E-state index in [2.05, 4.69) is 33.8 Å². The number of allylic oxidation sites excluding steroid dienone is 2. The van der Waals surface area contributed by atoms with Crippen LogP contribution in [-0.4, -0.2) is 23.8 Å². The number of hydrogen-bond donors (Lipinski definition) is 1. The number of carbonyl (C=O) groups is 1. The van der Waals surface area contributed by atoms with Gasteiger partial charge in [-0.1, -0.05) is 32.4 Å². The lowest BCUT2D eigenvalue weighted by molar-refractivity contribution is -0.159. The van der Waals surface area contributed by atoms with Gasteiger partial charge >= 0.3 is 5.97 Å². The zero-order valence-corrected chi connectivity index (χ0v) is 19.3. The van der Waals surface area contributed by atoms with E-state index in [1.54, 1.807) is 5.57 Å². The molecule has 0 bridgehead atoms. The second-order valence-corrected chi connectivity index (χ2v) is 11.8. The third-order valence-corrected chi connectivity index (χ3v) is 10.1. The Balaban J connectivity index is 1.50. The van der Waals surface area contributed by atoms with Gasteiger partial charge in [0.2, 0.25) is 0 Å². The Morgan fingerprint density at radius 2 is 1.93 bits per heavy atom. The molecule has 0 amide bonds. The minimum Gasteiger partial charge on any atom is -0.469 e. The van der Waals surface area contributed by atoms with Gasteiger partial charge in [-0.15, -0.1) is 0 Å². The Bertz CT molecular complexity index is 679. The van der Waals surface area contributed by atoms with Gasteiger partial charge in [0, 0.05) is 6.42 Å². The zero-order valence-electron chi connectivity index (χ0n) is 19.3. The smallest absolute Gasteiger partial charge is 0.305 e. The van der Waals surface area contributed by atoms with Gasteiger partial charge in [0.25, 0.3) is 0 Å². The van der Waals surface area contributed by atoms with Gasteiger partial charge in [0.15, 0.2) is 0 Å². The van der Waals surface area contributed by atoms with Crippen molar-refractivity contribution in [3.05, 3.63) is 11.6 Å². The van der Waals surface area contributed by atoms with Crippen LogP contribution in [0.15, 0.2) is 11.6 Å². The largest absolute Gasteiger partial charge is 0.469 e. The topological polar surface area (TPSA) is 46.5 Å². The Morgan fingerprint density at radius 3 is 2.66 bits per heavy atom. The molecule has 3 fully saturated rings. The van der Waals surface area contributed by atoms with Crippen LogP contribution in [-0.2, 0) is 9.53 Å². The summed E-state index contributed by atoms with van der Waals surface area (Å²) in [5.74, 6) is 3.71. The van der Waals surface area contributed by atoms with E-state index in [1.807, 2.05) is 0 Å². The summed E-state index contributed by atoms with van der Waals surface area (Å²) in [5, 5.41) is 10.8. The van der Waals surface area contributed by atoms with E-state index >= 15 is 0 Å². The van der Waals surface area contributed by atoms with Gasteiger partial charge in [-0.05, 0) is 105 Å². The number of methoxy groups -OCH3 is 1. The highest BCUT2D eigenvalue weighted by atomic mass is 16.5. The Morgan fingerprint density at radius 1 is 1.17 bits per heavy atom. The molecule has 3 saturated carbocycles. The number of hydrogen-bond acceptors (Lipinski definition) is 3. The average molecular weight is 403 g/mol. The molecule has 0 heterocycles. The molecule has 0 aromatic carbocycles. The van der Waals surface area contributed by atoms with Crippen molar-refractivity contribution in [2.45, 2.75) is 97.5 Å². The first kappa shape index (κ1) is 21.4. The number of fused-ring (bicyclic) bond motifs is 5. The monoisotopic (exact) mass is 402 g/mol. The van der Waals surface area contributed by atoms with E-state index in [9.17, 15) is 9.90 Å². The summed E-state index contributed by atoms with van der Waals surface area (Å²) in [4.78, 5) is 11.5. The summed E-state index contributed by atoms with van der Waals surface area (Å²) in [6.45, 7) is 9.62. The Labute approximate surface area is 177 Å². The molecule has 3 nitrogen and oxygen atoms in total. The summed E-state index contributed by atoms with van der Waals surface area (Å²) in [7, 11) is 1.48. The van der Waals surface area contributed by atoms with Gasteiger partial charge in [0.05, 0.1) is 12.7 Å². The summed E-state index contributed by atoms with van der Waals surface area (Å²) < 4.78 is 4.83. The van der Waals surface area contributed by atoms with Crippen LogP contribution < -0.4 is 0 Å². The number of rotatable bonds is 4. The summed E-state index contributed by atoms with van der Waals surface area (Å²) in [5.41, 5.74) is 1.90. The molecule has 0 unspecified atom stereocenters. The second-order valence-electron chi connectivity index (χ2n) is 11.8. The van der Waals surface area contributed by atoms with Gasteiger partial charge in [-0.2, -0.15) is 0 Å². The molecule has 8 atom stereocenters. The molecular weight excluding hydrogens is 360 g/mol. The van der Waals surface area contributed by atoms with Gasteiger partial charge in [0.1, 0.15) is 0 Å². The minimum atomic E-state index is -0.462. The van der Waals surface area contributed by atoms with Crippen molar-refractivity contribution in [3.63, 3.8) is 0 Å². The lowest BCUT2D eigenvalue weighted by Crippen LogP contribution is -2.57. The van der Waals surface area contributed by atoms with E-state index in [1.165, 1.54) is 39.2 Å². The highest BCUT2D eigenvalue weighted by Crippen LogP contribution is 2.68. The molecule has 0 saturated heterocycles. The lowest BCUT2D eigenvalue weighted by atomic mass is 9.42. The molecule has 0 radical (unpaired) electrons. The van der Waals surface area contributed by atoms with Crippen molar-refractivity contribution in [2.75, 3.05) is 7.11 Å². The average Bonchev–Trinajstić information content (AvgIpc) is 3.00. The quantitative estimate of drug-likeness (QED) is 0.470. The van der Waals surface area contributed by atoms with Crippen LogP contribution in [0.4, 0.5) is 0 Å². The highest BCUT2D eigenvalue weighted by molar-refractivity contribution is 5.69. The van der Waals surface area contributed by atoms with Crippen molar-refractivity contribution < 1.29 is 14.6 Å². The first-order valence-electron chi connectivity index (χ1n) is 12.1. The number of ether oxygens (including phenoxy) is 1. The van der Waals surface area contributed by atoms with Crippen molar-refractivity contribution in [1.29, 1.82) is 0 Å². The number of aliphatic hydroxyl groups is 1. The van der Waals surface area contributed by atoms with Crippen LogP contribution in [0.3, 0.4) is 0 Å². The first-order valence-corrected chi connectivity index (χ1v) is 12.1. The number of esters is 1. The molecule has 0 aliphatic heterocycles. The predicted molar refractivity (Wildman–Crippen MR) is 116 cm³/mol. The fourth-order valence-electron chi connectivity index (χ4n) is 8.44. The van der Waals surface area contributed by atoms with Crippen LogP contribution in [0.1, 0.15) is 91.9 Å². The Hall–Kier alpha value is -0.830. The van der Waals surface area contributed by atoms with Gasteiger partial charge in [-0.25, -0.2) is 0 Å². The maximum atomic E-state index is 11.5. The maximum absolute atomic E-state index is 11.5. The van der Waals surface area contributed by atoms with Crippen molar-refractivity contribution in [1.82, 2.24) is 0 Å². The molecule has 29 heavy (non-hydrogen) atoms. The van der Waals surface area contributed by atoms with Crippen molar-refractivity contribution in [3.8, 4) is 0 Å². The molecule has 4 aliphatic carbocycles. The van der Waals surface area contributed by atoms with Crippen molar-refractivity contribution >= 4 is 5.97 Å². The summed E-state index contributed by atoms with van der Waals surface area (Å²) in [6.07, 6.45) is 13.4. The third kappa shape index (κ3) is 3.50. The molecule has 0 aromatic rings. The standard InChI is InChI=1S/C26H42O3/c1-17-15-19-20-10-9-18(7-6-8-23(27)29-5)25(20,3)12-11-21(19)26(4)14-13-24(2,28)16-22(17)26/h9,17,19-22,28H,6-8,10-16H2,1-5H3/t17-,19+,20+,21+,22-,24+,25-,26-/m1/s1. The summed E-state index contributed by atoms with van der Waals surface area (Å²) >= 11 is 0. The van der Waals surface area contributed by atoms with E-state index in [4.69, 9.17) is 4.74 Å². The zero-order chi connectivity index (χ0) is 21.0. The molecule has 0 spiro atoms. The first-order chi connectivity index (χ1) is 13.6. The van der Waals surface area contributed by atoms with Crippen molar-refractivity contribution in [2.24, 2.45) is 40.4 Å². The normalized spacial score (nSPS) is 48.9. The predicted octanol–water partition coefficient (Wildman–Crippen LogP) is 5.91. The lowest BCUT2D eigenvalue weighted by Gasteiger charge is -2.63. The molecule has 164 valence electrons. The fourth-order valence-corrected chi connectivity index (χ4v) is 8.44. The second kappa shape index (κ2) is 7.39. The third-order valence-electron chi connectivity index (χ3n) is 10.1. The molecule has 0 aromatic heterocycles. The Kier molecular flexibility index (Phi) is 5.46. The minimum absolute atomic E-state index is 0.0812. The molecule has 4 aliphatic rings. The van der Waals surface area contributed by atoms with Crippen LogP contribution in [0, 0.1) is 40.4 Å². The van der Waals surface area contributed by atoms with Crippen LogP contribution in [0.2, 0.25) is 0 Å². The maximum Gasteiger partial charge on any atom is 0.305 e. The van der Waals surface area contributed by atoms with E-state index in [0.29, 0.717) is 29.1 Å². The van der Waals surface area contributed by atoms with Gasteiger partial charge < -0.3 is 9.84 Å². The molecule has 4 rings (SSSR count). The van der Waals surface area contributed by atoms with Crippen LogP contribution in [0.5, 0.6) is 0 Å². The summed E-state index contributed by atoms with van der Waals surface area (Å²) in [6, 6.07) is 0. The fraction of sp³-hybridized carbons (Fsp3) is 0.885. The number of carbonyl (C=O) groups excluding carboxylic acids is 1. The van der Waals surface area contributed by atoms with E-state index in [-0.39, 0.29) is 5.97 Å². The molecular formula is C26H42O3. The molecule has 1 N–H and O–H groups in total. The van der Waals surface area contributed by atoms with Crippen LogP contribution in [0.25, 0.3) is 0 Å². The van der Waals surface area contributed by atoms with E-state index in [0.717, 1.165) is 43.4 Å². The van der Waals surface area contributed by atoms with Crippen LogP contribution >= 0.6 is 0 Å². The SMILES string of the molecule is COC(=O)CCCC1=CC[C@H]2[C@@H]3C[C@@H](C)[C@H]4C[C@@](C)(O)CC[C@]4(C)[C@H]3CC[C@]12C. The highest BCUT2D eigenvalue weighted by Gasteiger charge is 2.60. The molecule has 3 heteroatoms. The van der Waals surface area contributed by atoms with E-state index < -0.39 is 5.60 Å².